The summed E-state index contributed by atoms with van der Waals surface area (Å²) in [6.07, 6.45) is 18.3. The molecule has 2 aliphatic rings. The number of ether oxygens (including phenoxy) is 2. The monoisotopic (exact) mass is 522 g/mol. The summed E-state index contributed by atoms with van der Waals surface area (Å²) in [5, 5.41) is 18.6. The van der Waals surface area contributed by atoms with Gasteiger partial charge in [-0.25, -0.2) is 4.79 Å². The lowest BCUT2D eigenvalue weighted by molar-refractivity contribution is -0.159. The Bertz CT molecular complexity index is 686. The minimum atomic E-state index is -0.960. The van der Waals surface area contributed by atoms with Crippen LogP contribution in [-0.4, -0.2) is 48.6 Å². The fourth-order valence-electron chi connectivity index (χ4n) is 6.18. The number of unbranched alkanes of at least 4 members (excludes halogenated alkanes) is 4. The number of hydrogen-bond donors (Lipinski definition) is 2. The van der Waals surface area contributed by atoms with Crippen molar-refractivity contribution in [2.45, 2.75) is 111 Å². The number of esters is 2. The largest absolute Gasteiger partial charge is 0.465 e. The van der Waals surface area contributed by atoms with Crippen LogP contribution in [0.3, 0.4) is 0 Å². The first-order valence-corrected chi connectivity index (χ1v) is 15.0. The van der Waals surface area contributed by atoms with Crippen LogP contribution in [0.5, 0.6) is 0 Å². The van der Waals surface area contributed by atoms with Crippen LogP contribution < -0.4 is 0 Å². The zero-order valence-corrected chi connectivity index (χ0v) is 23.8. The van der Waals surface area contributed by atoms with E-state index < -0.39 is 24.0 Å². The second kappa shape index (κ2) is 16.5. The van der Waals surface area contributed by atoms with Crippen molar-refractivity contribution >= 4 is 11.9 Å². The van der Waals surface area contributed by atoms with Gasteiger partial charge in [-0.3, -0.25) is 4.79 Å². The third-order valence-corrected chi connectivity index (χ3v) is 9.04. The topological polar surface area (TPSA) is 93.1 Å². The van der Waals surface area contributed by atoms with Gasteiger partial charge in [0.05, 0.1) is 37.4 Å². The van der Waals surface area contributed by atoms with Crippen molar-refractivity contribution in [2.75, 3.05) is 26.4 Å². The second-order valence-electron chi connectivity index (χ2n) is 12.4. The molecule has 1 unspecified atom stereocenters. The molecule has 0 aromatic carbocycles. The normalized spacial score (nSPS) is 25.3. The van der Waals surface area contributed by atoms with Crippen LogP contribution in [0, 0.1) is 35.0 Å². The maximum absolute atomic E-state index is 12.4. The molecule has 2 saturated carbocycles. The van der Waals surface area contributed by atoms with E-state index in [0.29, 0.717) is 5.92 Å². The van der Waals surface area contributed by atoms with Crippen molar-refractivity contribution in [3.05, 3.63) is 12.2 Å². The minimum Gasteiger partial charge on any atom is -0.465 e. The van der Waals surface area contributed by atoms with Gasteiger partial charge in [-0.15, -0.1) is 0 Å². The molecule has 6 nitrogen and oxygen atoms in total. The van der Waals surface area contributed by atoms with E-state index in [-0.39, 0.29) is 31.3 Å². The summed E-state index contributed by atoms with van der Waals surface area (Å²) in [6, 6.07) is 0. The van der Waals surface area contributed by atoms with Crippen molar-refractivity contribution in [3.8, 4) is 0 Å². The third kappa shape index (κ3) is 10.7. The Morgan fingerprint density at radius 3 is 2.00 bits per heavy atom. The molecule has 0 radical (unpaired) electrons. The molecule has 0 saturated heterocycles. The Kier molecular flexibility index (Phi) is 14.2. The van der Waals surface area contributed by atoms with Crippen molar-refractivity contribution in [2.24, 2.45) is 35.0 Å². The molecular weight excluding hydrogens is 468 g/mol. The van der Waals surface area contributed by atoms with E-state index in [0.717, 1.165) is 30.6 Å². The minimum absolute atomic E-state index is 0.0254. The molecule has 1 atom stereocenters. The van der Waals surface area contributed by atoms with Crippen molar-refractivity contribution in [1.29, 1.82) is 0 Å². The smallest absolute Gasteiger partial charge is 0.335 e. The quantitative estimate of drug-likeness (QED) is 0.142. The summed E-state index contributed by atoms with van der Waals surface area (Å²) in [5.74, 6) is 1.71. The number of hydrogen-bond acceptors (Lipinski definition) is 6. The lowest BCUT2D eigenvalue weighted by Crippen LogP contribution is -2.36. The van der Waals surface area contributed by atoms with Gasteiger partial charge in [0, 0.05) is 5.92 Å². The van der Waals surface area contributed by atoms with Crippen LogP contribution in [0.25, 0.3) is 0 Å². The van der Waals surface area contributed by atoms with Crippen molar-refractivity contribution in [3.63, 3.8) is 0 Å². The predicted octanol–water partition coefficient (Wildman–Crippen LogP) is 6.23. The summed E-state index contributed by atoms with van der Waals surface area (Å²) >= 11 is 0. The molecule has 37 heavy (non-hydrogen) atoms. The first kappa shape index (κ1) is 31.8. The highest BCUT2D eigenvalue weighted by molar-refractivity contribution is 5.87. The number of carbonyl (C=O) groups is 2. The maximum atomic E-state index is 12.4. The van der Waals surface area contributed by atoms with Crippen LogP contribution in [-0.2, 0) is 19.1 Å². The van der Waals surface area contributed by atoms with Gasteiger partial charge in [0.25, 0.3) is 0 Å². The van der Waals surface area contributed by atoms with E-state index in [2.05, 4.69) is 13.5 Å². The highest BCUT2D eigenvalue weighted by Crippen LogP contribution is 2.44. The van der Waals surface area contributed by atoms with E-state index in [1.807, 2.05) is 0 Å². The van der Waals surface area contributed by atoms with Gasteiger partial charge in [-0.2, -0.15) is 0 Å². The Labute approximate surface area is 225 Å². The van der Waals surface area contributed by atoms with E-state index in [1.54, 1.807) is 13.8 Å². The van der Waals surface area contributed by atoms with Gasteiger partial charge in [-0.05, 0) is 76.0 Å². The zero-order valence-electron chi connectivity index (χ0n) is 23.8. The molecule has 2 fully saturated rings. The Morgan fingerprint density at radius 2 is 1.43 bits per heavy atom. The third-order valence-electron chi connectivity index (χ3n) is 9.04. The Hall–Kier alpha value is -1.40. The average Bonchev–Trinajstić information content (AvgIpc) is 2.92. The molecule has 0 bridgehead atoms. The summed E-state index contributed by atoms with van der Waals surface area (Å²) < 4.78 is 11.0. The van der Waals surface area contributed by atoms with E-state index >= 15 is 0 Å². The Morgan fingerprint density at radius 1 is 0.865 bits per heavy atom. The molecular formula is C31H54O6. The first-order valence-electron chi connectivity index (χ1n) is 15.0. The van der Waals surface area contributed by atoms with Gasteiger partial charge in [0.1, 0.15) is 0 Å². The molecule has 2 N–H and O–H groups in total. The van der Waals surface area contributed by atoms with E-state index in [1.165, 1.54) is 77.0 Å². The summed E-state index contributed by atoms with van der Waals surface area (Å²) in [6.45, 7) is 8.71. The molecule has 0 heterocycles. The first-order chi connectivity index (χ1) is 17.7. The molecule has 0 aliphatic heterocycles. The van der Waals surface area contributed by atoms with Gasteiger partial charge in [0.15, 0.2) is 0 Å². The Balaban J connectivity index is 1.82. The molecule has 0 aromatic heterocycles. The van der Waals surface area contributed by atoms with E-state index in [4.69, 9.17) is 14.6 Å². The van der Waals surface area contributed by atoms with Crippen LogP contribution >= 0.6 is 0 Å². The fraction of sp³-hybridized carbons (Fsp3) is 0.871. The fourth-order valence-corrected chi connectivity index (χ4v) is 6.18. The molecule has 0 amide bonds. The van der Waals surface area contributed by atoms with Crippen LogP contribution in [0.2, 0.25) is 0 Å². The van der Waals surface area contributed by atoms with Crippen molar-refractivity contribution in [1.82, 2.24) is 0 Å². The van der Waals surface area contributed by atoms with Crippen LogP contribution in [0.1, 0.15) is 111 Å². The van der Waals surface area contributed by atoms with Gasteiger partial charge < -0.3 is 19.7 Å². The average molecular weight is 523 g/mol. The SMILES string of the molecule is C=C(CO)C(=O)OCC(COC(=O)C(C)(C)CO)C1CCC(C2CCC(CCCCCCC)CC2)CC1. The molecule has 0 spiro atoms. The number of rotatable bonds is 16. The molecule has 214 valence electrons. The number of aliphatic hydroxyl groups excluding tert-OH is 2. The van der Waals surface area contributed by atoms with Crippen LogP contribution in [0.4, 0.5) is 0 Å². The zero-order chi connectivity index (χ0) is 27.3. The van der Waals surface area contributed by atoms with Gasteiger partial charge in [-0.1, -0.05) is 64.9 Å². The predicted molar refractivity (Wildman–Crippen MR) is 147 cm³/mol. The highest BCUT2D eigenvalue weighted by atomic mass is 16.5. The maximum Gasteiger partial charge on any atom is 0.335 e. The molecule has 2 aliphatic carbocycles. The van der Waals surface area contributed by atoms with Gasteiger partial charge >= 0.3 is 11.9 Å². The number of carbonyl (C=O) groups excluding carboxylic acids is 2. The molecule has 6 heteroatoms. The molecule has 2 rings (SSSR count). The van der Waals surface area contributed by atoms with Crippen LogP contribution in [0.15, 0.2) is 12.2 Å². The standard InChI is InChI=1S/C31H54O6/c1-5-6-7-8-9-10-24-11-13-25(14-12-24)26-15-17-27(18-16-26)28(20-36-29(34)23(2)19-32)21-37-30(35)31(3,4)22-33/h24-28,32-33H,2,5-22H2,1,3-4H3. The second-order valence-corrected chi connectivity index (χ2v) is 12.4. The lowest BCUT2D eigenvalue weighted by Gasteiger charge is -2.39. The summed E-state index contributed by atoms with van der Waals surface area (Å²) in [7, 11) is 0. The number of aliphatic hydroxyl groups is 2. The lowest BCUT2D eigenvalue weighted by atomic mass is 9.67. The van der Waals surface area contributed by atoms with E-state index in [9.17, 15) is 14.7 Å². The van der Waals surface area contributed by atoms with Crippen molar-refractivity contribution < 1.29 is 29.3 Å². The molecule has 0 aromatic rings. The highest BCUT2D eigenvalue weighted by Gasteiger charge is 2.35. The summed E-state index contributed by atoms with van der Waals surface area (Å²) in [5.41, 5.74) is -0.935. The summed E-state index contributed by atoms with van der Waals surface area (Å²) in [4.78, 5) is 24.5. The van der Waals surface area contributed by atoms with Gasteiger partial charge in [0.2, 0.25) is 0 Å².